The predicted molar refractivity (Wildman–Crippen MR) is 534 cm³/mol. The third-order valence-electron chi connectivity index (χ3n) is 28.2. The number of alkyl carbamates (subject to hydrolysis) is 1. The van der Waals surface area contributed by atoms with E-state index in [0.717, 1.165) is 234 Å². The monoisotopic (exact) mass is 1770 g/mol. The van der Waals surface area contributed by atoms with Gasteiger partial charge in [0.25, 0.3) is 0 Å². The maximum atomic E-state index is 12.9. The van der Waals surface area contributed by atoms with Crippen LogP contribution in [-0.2, 0) is 49.6 Å². The first kappa shape index (κ1) is 97.5. The molecule has 0 radical (unpaired) electrons. The second-order valence-electron chi connectivity index (χ2n) is 36.5. The minimum Gasteiger partial charge on any atom is -0.478 e. The Bertz CT molecular complexity index is 5700. The summed E-state index contributed by atoms with van der Waals surface area (Å²) in [4.78, 5) is 60.8. The number of ether oxygens (including phenoxy) is 3. The Labute approximate surface area is 792 Å². The van der Waals surface area contributed by atoms with Crippen molar-refractivity contribution in [1.82, 2.24) is 5.32 Å². The molecule has 11 aliphatic carbocycles. The summed E-state index contributed by atoms with van der Waals surface area (Å²) in [5, 5.41) is 14.7. The van der Waals surface area contributed by atoms with Gasteiger partial charge in [0.15, 0.2) is 11.9 Å². The van der Waals surface area contributed by atoms with Crippen molar-refractivity contribution in [2.75, 3.05) is 23.4 Å². The van der Waals surface area contributed by atoms with E-state index in [1.165, 1.54) is 76.2 Å². The van der Waals surface area contributed by atoms with Crippen LogP contribution in [0.5, 0.6) is 0 Å². The Hall–Kier alpha value is -13.0. The maximum absolute atomic E-state index is 12.9. The number of rotatable bonds is 14. The second kappa shape index (κ2) is 50.6. The number of Topliss-reactive ketones (excluding diaryl/α,β-unsaturated/α-hetero) is 1. The predicted octanol–water partition coefficient (Wildman–Crippen LogP) is 25.1. The SMILES string of the molecule is C#CCNC(=O)OC1Cc2ccccc2C#Cc2ccccc21.C=C1CCC(=O)C1OC(=O)OCC1C2CCC#CCCC21.C=C1Nc2ccccc2C#Cc2ccccc21.CCC1C2CCC#CCCC12.CCC1C2CCC#CCCC12.CCC1C2CCC#CCCC12.CCCCCCC(=O)N1Cc2ccccc2C#Cc2ccccc21.O=C(O)c1ccc2c(c1)CCC#CCC2. The normalized spacial score (nSPS) is 23.5. The van der Waals surface area contributed by atoms with Gasteiger partial charge >= 0.3 is 18.2 Å². The third-order valence-corrected chi connectivity index (χ3v) is 28.2. The fourth-order valence-electron chi connectivity index (χ4n) is 20.7. The number of amides is 2. The highest BCUT2D eigenvalue weighted by atomic mass is 16.7. The molecule has 10 unspecified atom stereocenters. The number of para-hydroxylation sites is 2. The average Bonchev–Trinajstić information content (AvgIpc) is 1.66. The van der Waals surface area contributed by atoms with Crippen LogP contribution in [0.15, 0.2) is 183 Å². The van der Waals surface area contributed by atoms with Gasteiger partial charge in [0.05, 0.1) is 36.6 Å². The second-order valence-corrected chi connectivity index (χ2v) is 36.5. The van der Waals surface area contributed by atoms with Gasteiger partial charge in [-0.05, 0) is 237 Å². The number of nitrogens with one attached hydrogen (secondary N) is 2. The Balaban J connectivity index is 0.000000131. The molecular formula is C121H129N3O9. The van der Waals surface area contributed by atoms with Crippen LogP contribution in [0.4, 0.5) is 21.0 Å². The summed E-state index contributed by atoms with van der Waals surface area (Å²) < 4.78 is 15.9. The van der Waals surface area contributed by atoms with Crippen LogP contribution in [0.3, 0.4) is 0 Å². The van der Waals surface area contributed by atoms with E-state index < -0.39 is 30.4 Å². The topological polar surface area (TPSA) is 161 Å². The summed E-state index contributed by atoms with van der Waals surface area (Å²) in [7, 11) is 0. The van der Waals surface area contributed by atoms with Crippen molar-refractivity contribution in [1.29, 1.82) is 0 Å². The lowest BCUT2D eigenvalue weighted by Crippen LogP contribution is -2.31. The molecule has 2 aliphatic heterocycles. The van der Waals surface area contributed by atoms with Gasteiger partial charge in [-0.1, -0.05) is 224 Å². The molecule has 7 aromatic carbocycles. The van der Waals surface area contributed by atoms with E-state index in [4.69, 9.17) is 25.7 Å². The fourth-order valence-corrected chi connectivity index (χ4v) is 20.7. The van der Waals surface area contributed by atoms with Crippen molar-refractivity contribution in [3.63, 3.8) is 0 Å². The summed E-state index contributed by atoms with van der Waals surface area (Å²) in [6.45, 7) is 18.1. The number of carbonyl (C=O) groups is 5. The van der Waals surface area contributed by atoms with Crippen molar-refractivity contribution >= 4 is 47.0 Å². The number of aryl methyl sites for hydroxylation is 2. The molecule has 0 aromatic heterocycles. The molecule has 2 amide bonds. The van der Waals surface area contributed by atoms with Crippen molar-refractivity contribution < 1.29 is 43.3 Å². The zero-order chi connectivity index (χ0) is 93.1. The van der Waals surface area contributed by atoms with Crippen LogP contribution in [0.1, 0.15) is 291 Å². The summed E-state index contributed by atoms with van der Waals surface area (Å²) in [5.74, 6) is 64.1. The lowest BCUT2D eigenvalue weighted by Gasteiger charge is -2.26. The molecule has 13 aliphatic rings. The smallest absolute Gasteiger partial charge is 0.478 e. The molecule has 133 heavy (non-hydrogen) atoms. The Kier molecular flexibility index (Phi) is 37.1. The molecule has 12 nitrogen and oxygen atoms in total. The van der Waals surface area contributed by atoms with E-state index in [-0.39, 0.29) is 18.2 Å². The number of terminal acetylenes is 1. The highest BCUT2D eigenvalue weighted by Crippen LogP contribution is 2.56. The standard InChI is InChI=1S/C22H23NO.C20H15NO2.C17H20O4.C16H11N.C13H12O2.3C11H16/c1-2-3-4-5-14-22(24)23-17-20-12-7-6-10-18(20)15-16-19-11-8-9-13-21(19)23;1-2-13-21-20(22)23-19-14-17-9-4-3-7-15(17)11-12-16-8-5-6-10-18(16)19;1-11-8-9-15(18)16(11)21-17(19)20-10-14-12-6-4-2-3-5-7-13(12)14;1-12-15-8-4-2-6-13(15)10-11-14-7-3-5-9-16(14)17-12;14-13(15)12-8-7-10-5-3-1-2-4-6-11(10)9-12;3*1-2-9-10-7-5-3-4-6-8-11(9)10/h6-13H,2-5,14,17H2,1H3;1,3-10,19H,13-14H2,(H,21,22);12-14,16H,1,4-10H2;2-9,17H,1H2;7-9H,3-6H2,(H,14,15);3*9-11H,2,5-8H2,1H3. The van der Waals surface area contributed by atoms with Gasteiger partial charge in [0.2, 0.25) is 5.91 Å². The number of hydrogen-bond donors (Lipinski definition) is 3. The minimum absolute atomic E-state index is 0.0813. The van der Waals surface area contributed by atoms with Gasteiger partial charge in [-0.15, -0.1) is 65.6 Å². The molecule has 3 N–H and O–H groups in total. The highest BCUT2D eigenvalue weighted by molar-refractivity contribution is 5.95. The van der Waals surface area contributed by atoms with E-state index in [0.29, 0.717) is 67.7 Å². The average molecular weight is 1770 g/mol. The summed E-state index contributed by atoms with van der Waals surface area (Å²) in [6, 6.07) is 53.1. The zero-order valence-corrected chi connectivity index (χ0v) is 78.4. The van der Waals surface area contributed by atoms with Gasteiger partial charge in [0, 0.05) is 134 Å². The quantitative estimate of drug-likeness (QED) is 0.0414. The zero-order valence-electron chi connectivity index (χ0n) is 78.4. The van der Waals surface area contributed by atoms with Gasteiger partial charge in [0.1, 0.15) is 6.10 Å². The van der Waals surface area contributed by atoms with Crippen LogP contribution in [0, 0.1) is 178 Å². The number of fused-ring (bicyclic) bond motifs is 11. The molecule has 5 fully saturated rings. The first-order valence-corrected chi connectivity index (χ1v) is 49.0. The molecule has 2 heterocycles. The number of hydrogen-bond acceptors (Lipinski definition) is 9. The Morgan fingerprint density at radius 1 is 0.474 bits per heavy atom. The van der Waals surface area contributed by atoms with E-state index in [1.54, 1.807) is 12.1 Å². The molecule has 7 aromatic rings. The van der Waals surface area contributed by atoms with Crippen molar-refractivity contribution in [3.8, 4) is 107 Å². The van der Waals surface area contributed by atoms with Crippen LogP contribution in [-0.4, -0.2) is 54.3 Å². The molecule has 20 rings (SSSR count). The van der Waals surface area contributed by atoms with Gasteiger partial charge in [-0.3, -0.25) is 9.59 Å². The van der Waals surface area contributed by atoms with E-state index in [1.807, 2.05) is 150 Å². The first-order chi connectivity index (χ1) is 65.1. The molecule has 5 saturated carbocycles. The number of carboxylic acid groups (broad SMARTS) is 1. The largest absolute Gasteiger partial charge is 0.509 e. The Morgan fingerprint density at radius 3 is 1.48 bits per heavy atom. The maximum Gasteiger partial charge on any atom is 0.509 e. The number of nitrogens with zero attached hydrogens (tertiary/aromatic N) is 1. The van der Waals surface area contributed by atoms with Gasteiger partial charge < -0.3 is 34.9 Å². The molecule has 0 saturated heterocycles. The molecule has 0 spiro atoms. The van der Waals surface area contributed by atoms with Crippen molar-refractivity contribution in [2.24, 2.45) is 71.0 Å². The van der Waals surface area contributed by atoms with Crippen LogP contribution in [0.2, 0.25) is 0 Å². The molecular weight excluding hydrogens is 1640 g/mol. The summed E-state index contributed by atoms with van der Waals surface area (Å²) in [5.41, 5.74) is 16.2. The number of ketones is 1. The molecule has 682 valence electrons. The summed E-state index contributed by atoms with van der Waals surface area (Å²) >= 11 is 0. The molecule has 12 heteroatoms. The number of aromatic carboxylic acids is 1. The van der Waals surface area contributed by atoms with E-state index >= 15 is 0 Å². The Morgan fingerprint density at radius 2 is 0.932 bits per heavy atom. The van der Waals surface area contributed by atoms with Gasteiger partial charge in [-0.25, -0.2) is 14.4 Å². The lowest BCUT2D eigenvalue weighted by molar-refractivity contribution is -0.124. The van der Waals surface area contributed by atoms with Crippen molar-refractivity contribution in [3.05, 3.63) is 255 Å². The van der Waals surface area contributed by atoms with Gasteiger partial charge in [-0.2, -0.15) is 0 Å². The van der Waals surface area contributed by atoms with Crippen LogP contribution >= 0.6 is 0 Å². The van der Waals surface area contributed by atoms with Crippen LogP contribution in [0.25, 0.3) is 5.70 Å². The summed E-state index contributed by atoms with van der Waals surface area (Å²) in [6.07, 6.45) is 36.4. The number of benzene rings is 7. The molecule has 10 atom stereocenters. The number of anilines is 2. The third kappa shape index (κ3) is 28.3. The van der Waals surface area contributed by atoms with Crippen molar-refractivity contribution in [2.45, 2.75) is 245 Å². The number of carbonyl (C=O) groups excluding carboxylic acids is 4. The fraction of sp³-hybridized carbons (Fsp3) is 0.430. The van der Waals surface area contributed by atoms with E-state index in [2.05, 4.69) is 158 Å². The molecule has 0 bridgehead atoms. The number of unbranched alkanes of at least 4 members (excludes halogenated alkanes) is 3. The van der Waals surface area contributed by atoms with E-state index in [9.17, 15) is 24.0 Å². The van der Waals surface area contributed by atoms with Crippen LogP contribution < -0.4 is 15.5 Å². The first-order valence-electron chi connectivity index (χ1n) is 49.0. The highest BCUT2D eigenvalue weighted by Gasteiger charge is 2.51. The number of carboxylic acids is 1. The lowest BCUT2D eigenvalue weighted by atomic mass is 9.92. The minimum atomic E-state index is -0.856.